The summed E-state index contributed by atoms with van der Waals surface area (Å²) in [6, 6.07) is 15.6. The number of para-hydroxylation sites is 1. The lowest BCUT2D eigenvalue weighted by atomic mass is 10.0. The molecule has 0 fully saturated rings. The van der Waals surface area contributed by atoms with E-state index < -0.39 is 0 Å². The number of halogens is 1. The van der Waals surface area contributed by atoms with Crippen molar-refractivity contribution in [3.8, 4) is 6.07 Å². The van der Waals surface area contributed by atoms with E-state index in [0.29, 0.717) is 5.69 Å². The smallest absolute Gasteiger partial charge is 0.227 e. The molecule has 2 amide bonds. The molecule has 150 valence electrons. The van der Waals surface area contributed by atoms with Gasteiger partial charge in [0.15, 0.2) is 0 Å². The van der Waals surface area contributed by atoms with Gasteiger partial charge in [0, 0.05) is 35.7 Å². The molecule has 0 aromatic heterocycles. The monoisotopic (exact) mass is 411 g/mol. The third-order valence-corrected chi connectivity index (χ3v) is 5.85. The Bertz CT molecular complexity index is 914. The summed E-state index contributed by atoms with van der Waals surface area (Å²) in [7, 11) is 0. The first-order valence-electron chi connectivity index (χ1n) is 9.52. The van der Waals surface area contributed by atoms with Crippen LogP contribution in [-0.4, -0.2) is 24.1 Å². The summed E-state index contributed by atoms with van der Waals surface area (Å²) in [5.74, 6) is 0.0843. The normalized spacial score (nSPS) is 15.1. The van der Waals surface area contributed by atoms with Crippen molar-refractivity contribution in [3.63, 3.8) is 0 Å². The third-order valence-electron chi connectivity index (χ3n) is 4.73. The van der Waals surface area contributed by atoms with Crippen molar-refractivity contribution in [1.82, 2.24) is 5.32 Å². The molecule has 0 saturated carbocycles. The van der Waals surface area contributed by atoms with Crippen molar-refractivity contribution in [2.75, 3.05) is 17.2 Å². The lowest BCUT2D eigenvalue weighted by Gasteiger charge is -2.26. The van der Waals surface area contributed by atoms with Crippen molar-refractivity contribution in [2.24, 2.45) is 0 Å². The molecule has 1 aliphatic rings. The molecule has 0 radical (unpaired) electrons. The summed E-state index contributed by atoms with van der Waals surface area (Å²) in [5, 5.41) is 11.8. The Balaban J connectivity index is 1.59. The lowest BCUT2D eigenvalue weighted by Crippen LogP contribution is -2.34. The van der Waals surface area contributed by atoms with Crippen molar-refractivity contribution in [2.45, 2.75) is 36.6 Å². The highest BCUT2D eigenvalue weighted by molar-refractivity contribution is 7.99. The minimum atomic E-state index is -0.323. The van der Waals surface area contributed by atoms with Gasteiger partial charge in [0.05, 0.1) is 18.5 Å². The number of hydrogen-bond donors (Lipinski definition) is 1. The number of rotatable bonds is 7. The van der Waals surface area contributed by atoms with E-state index in [9.17, 15) is 14.0 Å². The highest BCUT2D eigenvalue weighted by Gasteiger charge is 2.24. The van der Waals surface area contributed by atoms with Gasteiger partial charge in [0.25, 0.3) is 0 Å². The predicted molar refractivity (Wildman–Crippen MR) is 111 cm³/mol. The number of hydrogen-bond acceptors (Lipinski definition) is 4. The van der Waals surface area contributed by atoms with Crippen LogP contribution in [0.15, 0.2) is 53.4 Å². The van der Waals surface area contributed by atoms with Crippen molar-refractivity contribution in [1.29, 1.82) is 5.26 Å². The van der Waals surface area contributed by atoms with Gasteiger partial charge in [-0.25, -0.2) is 4.39 Å². The van der Waals surface area contributed by atoms with Crippen LogP contribution in [0.4, 0.5) is 10.1 Å². The molecule has 0 aliphatic carbocycles. The average Bonchev–Trinajstić information content (AvgIpc) is 2.74. The van der Waals surface area contributed by atoms with E-state index in [0.717, 1.165) is 22.6 Å². The third kappa shape index (κ3) is 5.58. The highest BCUT2D eigenvalue weighted by Crippen LogP contribution is 2.36. The Kier molecular flexibility index (Phi) is 7.25. The number of nitrogens with one attached hydrogen (secondary N) is 1. The standard InChI is InChI=1S/C22H22FN3O2S/c23-16-7-8-20-18(15-16)19(11-14-29-20)25-21(27)9-10-22(28)26(13-4-12-24)17-5-2-1-3-6-17/h1-3,5-8,15,19H,4,9-11,13-14H2,(H,25,27). The van der Waals surface area contributed by atoms with Crippen LogP contribution in [0.5, 0.6) is 0 Å². The van der Waals surface area contributed by atoms with E-state index in [2.05, 4.69) is 11.4 Å². The molecule has 0 bridgehead atoms. The number of amides is 2. The van der Waals surface area contributed by atoms with Crippen LogP contribution in [0.25, 0.3) is 0 Å². The van der Waals surface area contributed by atoms with E-state index in [4.69, 9.17) is 5.26 Å². The van der Waals surface area contributed by atoms with Gasteiger partial charge in [-0.1, -0.05) is 18.2 Å². The van der Waals surface area contributed by atoms with E-state index in [-0.39, 0.29) is 49.5 Å². The first kappa shape index (κ1) is 20.9. The van der Waals surface area contributed by atoms with Crippen LogP contribution >= 0.6 is 11.8 Å². The Morgan fingerprint density at radius 2 is 2.00 bits per heavy atom. The molecule has 5 nitrogen and oxygen atoms in total. The number of benzene rings is 2. The van der Waals surface area contributed by atoms with E-state index in [1.807, 2.05) is 18.2 Å². The molecule has 1 N–H and O–H groups in total. The maximum atomic E-state index is 13.6. The molecule has 0 saturated heterocycles. The number of fused-ring (bicyclic) bond motifs is 1. The fraction of sp³-hybridized carbons (Fsp3) is 0.318. The molecule has 0 spiro atoms. The van der Waals surface area contributed by atoms with Gasteiger partial charge < -0.3 is 10.2 Å². The second-order valence-corrected chi connectivity index (χ2v) is 7.87. The summed E-state index contributed by atoms with van der Waals surface area (Å²) in [6.07, 6.45) is 1.03. The van der Waals surface area contributed by atoms with Crippen LogP contribution < -0.4 is 10.2 Å². The number of nitriles is 1. The zero-order valence-electron chi connectivity index (χ0n) is 15.9. The first-order valence-corrected chi connectivity index (χ1v) is 10.5. The van der Waals surface area contributed by atoms with Gasteiger partial charge >= 0.3 is 0 Å². The van der Waals surface area contributed by atoms with Crippen LogP contribution in [0.2, 0.25) is 0 Å². The second kappa shape index (κ2) is 10.1. The highest BCUT2D eigenvalue weighted by atomic mass is 32.2. The van der Waals surface area contributed by atoms with Crippen LogP contribution in [0, 0.1) is 17.1 Å². The largest absolute Gasteiger partial charge is 0.349 e. The lowest BCUT2D eigenvalue weighted by molar-refractivity contribution is -0.125. The van der Waals surface area contributed by atoms with Gasteiger partial charge in [-0.2, -0.15) is 5.26 Å². The summed E-state index contributed by atoms with van der Waals surface area (Å²) < 4.78 is 13.6. The van der Waals surface area contributed by atoms with Crippen LogP contribution in [-0.2, 0) is 9.59 Å². The van der Waals surface area contributed by atoms with E-state index >= 15 is 0 Å². The minimum Gasteiger partial charge on any atom is -0.349 e. The van der Waals surface area contributed by atoms with Crippen molar-refractivity contribution >= 4 is 29.3 Å². The fourth-order valence-corrected chi connectivity index (χ4v) is 4.41. The molecule has 1 aliphatic heterocycles. The molecule has 7 heteroatoms. The SMILES string of the molecule is N#CCCN(C(=O)CCC(=O)NC1CCSc2ccc(F)cc21)c1ccccc1. The van der Waals surface area contributed by atoms with Gasteiger partial charge in [0.2, 0.25) is 11.8 Å². The average molecular weight is 412 g/mol. The molecule has 1 atom stereocenters. The number of carbonyl (C=O) groups is 2. The molecule has 1 unspecified atom stereocenters. The van der Waals surface area contributed by atoms with Crippen molar-refractivity contribution in [3.05, 3.63) is 59.9 Å². The van der Waals surface area contributed by atoms with Crippen molar-refractivity contribution < 1.29 is 14.0 Å². The summed E-state index contributed by atoms with van der Waals surface area (Å²) in [6.45, 7) is 0.285. The topological polar surface area (TPSA) is 73.2 Å². The molecule has 2 aromatic rings. The Labute approximate surface area is 173 Å². The van der Waals surface area contributed by atoms with Gasteiger partial charge in [-0.15, -0.1) is 11.8 Å². The summed E-state index contributed by atoms with van der Waals surface area (Å²) >= 11 is 1.65. The van der Waals surface area contributed by atoms with E-state index in [1.54, 1.807) is 34.9 Å². The first-order chi connectivity index (χ1) is 14.1. The minimum absolute atomic E-state index is 0.0447. The molecular formula is C22H22FN3O2S. The van der Waals surface area contributed by atoms with Gasteiger partial charge in [-0.3, -0.25) is 9.59 Å². The van der Waals surface area contributed by atoms with Crippen LogP contribution in [0.1, 0.15) is 37.3 Å². The Morgan fingerprint density at radius 3 is 2.76 bits per heavy atom. The molecule has 29 heavy (non-hydrogen) atoms. The van der Waals surface area contributed by atoms with E-state index in [1.165, 1.54) is 12.1 Å². The number of carbonyl (C=O) groups excluding carboxylic acids is 2. The Hall–Kier alpha value is -2.85. The zero-order valence-corrected chi connectivity index (χ0v) is 16.8. The summed E-state index contributed by atoms with van der Waals surface area (Å²) in [5.41, 5.74) is 1.50. The quantitative estimate of drug-likeness (QED) is 0.741. The molecule has 2 aromatic carbocycles. The number of nitrogens with zero attached hydrogens (tertiary/aromatic N) is 2. The zero-order chi connectivity index (χ0) is 20.6. The molecular weight excluding hydrogens is 389 g/mol. The molecule has 1 heterocycles. The molecule has 3 rings (SSSR count). The Morgan fingerprint density at radius 1 is 1.21 bits per heavy atom. The van der Waals surface area contributed by atoms with Crippen LogP contribution in [0.3, 0.4) is 0 Å². The maximum Gasteiger partial charge on any atom is 0.227 e. The fourth-order valence-electron chi connectivity index (χ4n) is 3.30. The summed E-state index contributed by atoms with van der Waals surface area (Å²) in [4.78, 5) is 27.6. The second-order valence-electron chi connectivity index (χ2n) is 6.73. The predicted octanol–water partition coefficient (Wildman–Crippen LogP) is 4.21. The maximum absolute atomic E-state index is 13.6. The van der Waals surface area contributed by atoms with Gasteiger partial charge in [0.1, 0.15) is 5.82 Å². The number of anilines is 1. The number of thioether (sulfide) groups is 1. The van der Waals surface area contributed by atoms with Gasteiger partial charge in [-0.05, 0) is 42.3 Å².